The van der Waals surface area contributed by atoms with Gasteiger partial charge in [-0.1, -0.05) is 13.8 Å². The molecule has 0 heterocycles. The molecule has 9 N–H and O–H groups in total. The molecule has 0 aromatic heterocycles. The number of carbonyl (C=O) groups excluding carboxylic acids is 3. The van der Waals surface area contributed by atoms with E-state index in [-0.39, 0.29) is 18.8 Å². The molecule has 3 amide bonds. The predicted molar refractivity (Wildman–Crippen MR) is 106 cm³/mol. The number of nitrogens with one attached hydrogen (secondary N) is 3. The molecule has 0 bridgehead atoms. The van der Waals surface area contributed by atoms with Gasteiger partial charge in [-0.15, -0.1) is 0 Å². The minimum atomic E-state index is -1.61. The highest BCUT2D eigenvalue weighted by Gasteiger charge is 2.32. The van der Waals surface area contributed by atoms with E-state index < -0.39 is 73.0 Å². The zero-order valence-electron chi connectivity index (χ0n) is 17.7. The molecule has 13 heteroatoms. The molecule has 178 valence electrons. The third kappa shape index (κ3) is 10.7. The van der Waals surface area contributed by atoms with Crippen molar-refractivity contribution < 1.29 is 44.4 Å². The monoisotopic (exact) mass is 448 g/mol. The van der Waals surface area contributed by atoms with Crippen LogP contribution in [0.2, 0.25) is 0 Å². The number of carboxylic acid groups (broad SMARTS) is 2. The summed E-state index contributed by atoms with van der Waals surface area (Å²) in [6.07, 6.45) is -2.09. The van der Waals surface area contributed by atoms with Gasteiger partial charge in [0.1, 0.15) is 18.1 Å². The maximum atomic E-state index is 12.7. The van der Waals surface area contributed by atoms with Gasteiger partial charge in [-0.05, 0) is 25.7 Å². The van der Waals surface area contributed by atoms with E-state index in [0.717, 1.165) is 0 Å². The van der Waals surface area contributed by atoms with Gasteiger partial charge in [-0.25, -0.2) is 4.79 Å². The molecule has 31 heavy (non-hydrogen) atoms. The maximum absolute atomic E-state index is 12.7. The van der Waals surface area contributed by atoms with Crippen molar-refractivity contribution in [2.45, 2.75) is 70.3 Å². The molecule has 13 nitrogen and oxygen atoms in total. The number of rotatable bonds is 14. The number of aliphatic hydroxyl groups is 2. The molecule has 5 unspecified atom stereocenters. The smallest absolute Gasteiger partial charge is 0.328 e. The lowest BCUT2D eigenvalue weighted by Gasteiger charge is -2.26. The van der Waals surface area contributed by atoms with E-state index >= 15 is 0 Å². The van der Waals surface area contributed by atoms with Crippen LogP contribution in [-0.4, -0.2) is 87.0 Å². The summed E-state index contributed by atoms with van der Waals surface area (Å²) in [5.41, 5.74) is 5.39. The topological polar surface area (TPSA) is 228 Å². The molecule has 5 atom stereocenters. The highest BCUT2D eigenvalue weighted by atomic mass is 16.4. The first kappa shape index (κ1) is 28.2. The fraction of sp³-hybridized carbons (Fsp3) is 0.722. The fourth-order valence-electron chi connectivity index (χ4n) is 2.52. The minimum Gasteiger partial charge on any atom is -0.481 e. The Morgan fingerprint density at radius 2 is 1.39 bits per heavy atom. The minimum absolute atomic E-state index is 0.0967. The van der Waals surface area contributed by atoms with Crippen molar-refractivity contribution in [2.24, 2.45) is 11.7 Å². The third-order valence-corrected chi connectivity index (χ3v) is 4.20. The van der Waals surface area contributed by atoms with Crippen molar-refractivity contribution in [1.82, 2.24) is 16.0 Å². The number of nitrogens with two attached hydrogens (primary N) is 1. The maximum Gasteiger partial charge on any atom is 0.328 e. The van der Waals surface area contributed by atoms with Crippen molar-refractivity contribution >= 4 is 29.7 Å². The van der Waals surface area contributed by atoms with Crippen LogP contribution in [0, 0.1) is 5.92 Å². The molecular weight excluding hydrogens is 416 g/mol. The van der Waals surface area contributed by atoms with Crippen molar-refractivity contribution in [3.63, 3.8) is 0 Å². The number of amides is 3. The predicted octanol–water partition coefficient (Wildman–Crippen LogP) is -2.86. The summed E-state index contributed by atoms with van der Waals surface area (Å²) in [5, 5.41) is 43.3. The molecule has 0 aliphatic carbocycles. The van der Waals surface area contributed by atoms with Crippen LogP contribution in [0.5, 0.6) is 0 Å². The van der Waals surface area contributed by atoms with Crippen LogP contribution >= 0.6 is 0 Å². The van der Waals surface area contributed by atoms with Gasteiger partial charge in [-0.3, -0.25) is 19.2 Å². The standard InChI is InChI=1S/C18H32N4O9/c1-8(2)6-12(17(29)22-14(9(3)24)18(30)31)21-16(28)11(4-5-13(25)26)20-15(27)10(19)7-23/h8-12,14,23-24H,4-7,19H2,1-3H3,(H,20,27)(H,21,28)(H,22,29)(H,25,26)(H,30,31). The molecule has 0 fully saturated rings. The summed E-state index contributed by atoms with van der Waals surface area (Å²) < 4.78 is 0. The average molecular weight is 448 g/mol. The van der Waals surface area contributed by atoms with Gasteiger partial charge >= 0.3 is 11.9 Å². The highest BCUT2D eigenvalue weighted by molar-refractivity contribution is 5.94. The van der Waals surface area contributed by atoms with Gasteiger partial charge in [0.2, 0.25) is 17.7 Å². The van der Waals surface area contributed by atoms with Crippen LogP contribution in [0.15, 0.2) is 0 Å². The number of aliphatic hydroxyl groups excluding tert-OH is 2. The van der Waals surface area contributed by atoms with Crippen molar-refractivity contribution in [1.29, 1.82) is 0 Å². The van der Waals surface area contributed by atoms with Crippen molar-refractivity contribution in [3.05, 3.63) is 0 Å². The van der Waals surface area contributed by atoms with Crippen molar-refractivity contribution in [2.75, 3.05) is 6.61 Å². The SMILES string of the molecule is CC(C)CC(NC(=O)C(CCC(=O)O)NC(=O)C(N)CO)C(=O)NC(C(=O)O)C(C)O. The number of carboxylic acids is 2. The van der Waals surface area contributed by atoms with Crippen LogP contribution in [0.25, 0.3) is 0 Å². The Hall–Kier alpha value is -2.77. The number of hydrogen-bond donors (Lipinski definition) is 8. The Morgan fingerprint density at radius 3 is 1.81 bits per heavy atom. The summed E-state index contributed by atoms with van der Waals surface area (Å²) in [6, 6.07) is -5.53. The Bertz CT molecular complexity index is 654. The van der Waals surface area contributed by atoms with E-state index in [0.29, 0.717) is 0 Å². The molecule has 0 aromatic rings. The van der Waals surface area contributed by atoms with Gasteiger partial charge in [0.15, 0.2) is 6.04 Å². The average Bonchev–Trinajstić information content (AvgIpc) is 2.66. The van der Waals surface area contributed by atoms with Crippen molar-refractivity contribution in [3.8, 4) is 0 Å². The third-order valence-electron chi connectivity index (χ3n) is 4.20. The molecule has 0 spiro atoms. The van der Waals surface area contributed by atoms with Gasteiger partial charge in [0, 0.05) is 6.42 Å². The summed E-state index contributed by atoms with van der Waals surface area (Å²) >= 11 is 0. The Labute approximate surface area is 179 Å². The fourth-order valence-corrected chi connectivity index (χ4v) is 2.52. The van der Waals surface area contributed by atoms with Gasteiger partial charge in [0.25, 0.3) is 0 Å². The summed E-state index contributed by atoms with van der Waals surface area (Å²) in [4.78, 5) is 59.3. The van der Waals surface area contributed by atoms with Gasteiger partial charge in [0.05, 0.1) is 12.7 Å². The lowest BCUT2D eigenvalue weighted by Crippen LogP contribution is -2.58. The lowest BCUT2D eigenvalue weighted by atomic mass is 10.0. The molecule has 0 saturated heterocycles. The molecule has 0 aromatic carbocycles. The molecular formula is C18H32N4O9. The molecule has 0 saturated carbocycles. The lowest BCUT2D eigenvalue weighted by molar-refractivity contribution is -0.145. The molecule has 0 radical (unpaired) electrons. The van der Waals surface area contributed by atoms with E-state index in [4.69, 9.17) is 21.1 Å². The zero-order chi connectivity index (χ0) is 24.3. The first-order valence-corrected chi connectivity index (χ1v) is 9.70. The Morgan fingerprint density at radius 1 is 0.871 bits per heavy atom. The van der Waals surface area contributed by atoms with Gasteiger partial charge in [-0.2, -0.15) is 0 Å². The van der Waals surface area contributed by atoms with Crippen LogP contribution in [0.3, 0.4) is 0 Å². The summed E-state index contributed by atoms with van der Waals surface area (Å²) in [6.45, 7) is 3.98. The zero-order valence-corrected chi connectivity index (χ0v) is 17.7. The first-order chi connectivity index (χ1) is 14.3. The van der Waals surface area contributed by atoms with Gasteiger partial charge < -0.3 is 42.1 Å². The van der Waals surface area contributed by atoms with E-state index in [2.05, 4.69) is 16.0 Å². The second-order valence-electron chi connectivity index (χ2n) is 7.54. The van der Waals surface area contributed by atoms with Crippen LogP contribution in [0.1, 0.15) is 40.0 Å². The van der Waals surface area contributed by atoms with E-state index in [9.17, 15) is 29.1 Å². The second-order valence-corrected chi connectivity index (χ2v) is 7.54. The second kappa shape index (κ2) is 13.5. The number of carbonyl (C=O) groups is 5. The Kier molecular flexibility index (Phi) is 12.3. The quantitative estimate of drug-likeness (QED) is 0.135. The van der Waals surface area contributed by atoms with E-state index in [1.807, 2.05) is 0 Å². The first-order valence-electron chi connectivity index (χ1n) is 9.70. The molecule has 0 aliphatic heterocycles. The van der Waals surface area contributed by atoms with Crippen LogP contribution in [-0.2, 0) is 24.0 Å². The van der Waals surface area contributed by atoms with E-state index in [1.54, 1.807) is 13.8 Å². The number of aliphatic carboxylic acids is 2. The van der Waals surface area contributed by atoms with Crippen LogP contribution < -0.4 is 21.7 Å². The van der Waals surface area contributed by atoms with E-state index in [1.165, 1.54) is 6.92 Å². The molecule has 0 rings (SSSR count). The summed E-state index contributed by atoms with van der Waals surface area (Å²) in [5.74, 6) is -5.45. The molecule has 0 aliphatic rings. The summed E-state index contributed by atoms with van der Waals surface area (Å²) in [7, 11) is 0. The van der Waals surface area contributed by atoms with Crippen LogP contribution in [0.4, 0.5) is 0 Å². The normalized spacial score (nSPS) is 15.8. The Balaban J connectivity index is 5.51. The largest absolute Gasteiger partial charge is 0.481 e. The highest BCUT2D eigenvalue weighted by Crippen LogP contribution is 2.08. The number of hydrogen-bond acceptors (Lipinski definition) is 8.